The van der Waals surface area contributed by atoms with Gasteiger partial charge in [0.05, 0.1) is 13.2 Å². The predicted octanol–water partition coefficient (Wildman–Crippen LogP) is 12.6. The number of allylic oxidation sites excluding steroid dienone is 6. The van der Waals surface area contributed by atoms with Crippen molar-refractivity contribution >= 4 is 11.9 Å². The van der Waals surface area contributed by atoms with Gasteiger partial charge in [-0.25, -0.2) is 0 Å². The normalized spacial score (nSPS) is 19.6. The van der Waals surface area contributed by atoms with E-state index < -0.39 is 55.4 Å². The van der Waals surface area contributed by atoms with Crippen molar-refractivity contribution in [1.82, 2.24) is 0 Å². The van der Waals surface area contributed by atoms with E-state index in [0.29, 0.717) is 12.8 Å². The zero-order valence-corrected chi connectivity index (χ0v) is 41.0. The largest absolute Gasteiger partial charge is 0.462 e. The SMILES string of the molecule is CCCCC/C=C/C/C=C/C/C=C/CCCCCCC(=O)OC[C@H](CO[C@@H]1O[C@H](CO)[C@H](O)C(O)C1O)OC(=O)CCCCCCCCCCCCCCCCCCCCCCCC. The first kappa shape index (κ1) is 59.9. The van der Waals surface area contributed by atoms with Gasteiger partial charge in [0, 0.05) is 12.8 Å². The van der Waals surface area contributed by atoms with Crippen molar-refractivity contribution < 1.29 is 49.0 Å². The lowest BCUT2D eigenvalue weighted by Crippen LogP contribution is -2.59. The fourth-order valence-electron chi connectivity index (χ4n) is 8.08. The zero-order valence-electron chi connectivity index (χ0n) is 41.0. The molecule has 4 N–H and O–H groups in total. The summed E-state index contributed by atoms with van der Waals surface area (Å²) < 4.78 is 22.2. The molecule has 1 heterocycles. The highest BCUT2D eigenvalue weighted by Crippen LogP contribution is 2.23. The first-order valence-corrected chi connectivity index (χ1v) is 26.6. The van der Waals surface area contributed by atoms with Gasteiger partial charge in [0.2, 0.25) is 0 Å². The molecule has 0 spiro atoms. The molecule has 0 aromatic rings. The van der Waals surface area contributed by atoms with Gasteiger partial charge in [-0.05, 0) is 51.4 Å². The van der Waals surface area contributed by atoms with Crippen LogP contribution in [0.2, 0.25) is 0 Å². The second kappa shape index (κ2) is 44.7. The molecular weight excluding hydrogens is 809 g/mol. The Labute approximate surface area is 391 Å². The van der Waals surface area contributed by atoms with E-state index in [0.717, 1.165) is 57.8 Å². The fraction of sp³-hybridized carbons (Fsp3) is 0.852. The predicted molar refractivity (Wildman–Crippen MR) is 261 cm³/mol. The van der Waals surface area contributed by atoms with Crippen LogP contribution in [0.3, 0.4) is 0 Å². The molecule has 10 nitrogen and oxygen atoms in total. The molecule has 1 aliphatic rings. The monoisotopic (exact) mass is 907 g/mol. The summed E-state index contributed by atoms with van der Waals surface area (Å²) in [7, 11) is 0. The number of unbranched alkanes of at least 4 members (excludes halogenated alkanes) is 28. The van der Waals surface area contributed by atoms with E-state index >= 15 is 0 Å². The molecule has 0 saturated carbocycles. The molecule has 0 bridgehead atoms. The number of rotatable bonds is 45. The zero-order chi connectivity index (χ0) is 46.6. The van der Waals surface area contributed by atoms with E-state index in [1.54, 1.807) is 0 Å². The Kier molecular flexibility index (Phi) is 41.9. The Balaban J connectivity index is 2.25. The molecule has 1 aliphatic heterocycles. The molecule has 374 valence electrons. The molecule has 10 heteroatoms. The molecule has 0 aromatic carbocycles. The second-order valence-corrected chi connectivity index (χ2v) is 18.3. The van der Waals surface area contributed by atoms with Crippen molar-refractivity contribution in [1.29, 1.82) is 0 Å². The summed E-state index contributed by atoms with van der Waals surface area (Å²) in [6.45, 7) is 3.41. The van der Waals surface area contributed by atoms with Crippen molar-refractivity contribution in [3.8, 4) is 0 Å². The highest BCUT2D eigenvalue weighted by molar-refractivity contribution is 5.70. The van der Waals surface area contributed by atoms with Crippen molar-refractivity contribution in [2.45, 2.75) is 275 Å². The Bertz CT molecular complexity index is 1140. The first-order valence-electron chi connectivity index (χ1n) is 26.6. The third-order valence-corrected chi connectivity index (χ3v) is 12.3. The Morgan fingerprint density at radius 3 is 1.34 bits per heavy atom. The molecule has 0 radical (unpaired) electrons. The van der Waals surface area contributed by atoms with Gasteiger partial charge in [-0.1, -0.05) is 211 Å². The van der Waals surface area contributed by atoms with Gasteiger partial charge in [0.1, 0.15) is 31.0 Å². The highest BCUT2D eigenvalue weighted by Gasteiger charge is 2.44. The number of carbonyl (C=O) groups excluding carboxylic acids is 2. The summed E-state index contributed by atoms with van der Waals surface area (Å²) in [5, 5.41) is 40.2. The van der Waals surface area contributed by atoms with Crippen LogP contribution in [0.15, 0.2) is 36.5 Å². The van der Waals surface area contributed by atoms with Gasteiger partial charge >= 0.3 is 11.9 Å². The first-order chi connectivity index (χ1) is 31.3. The van der Waals surface area contributed by atoms with Crippen LogP contribution in [-0.2, 0) is 28.5 Å². The number of ether oxygens (including phenoxy) is 4. The van der Waals surface area contributed by atoms with E-state index in [1.807, 2.05) is 0 Å². The summed E-state index contributed by atoms with van der Waals surface area (Å²) in [6, 6.07) is 0. The molecule has 0 aliphatic carbocycles. The van der Waals surface area contributed by atoms with Gasteiger partial charge in [0.15, 0.2) is 12.4 Å². The fourth-order valence-corrected chi connectivity index (χ4v) is 8.08. The van der Waals surface area contributed by atoms with Crippen molar-refractivity contribution in [2.75, 3.05) is 19.8 Å². The number of esters is 2. The molecule has 64 heavy (non-hydrogen) atoms. The number of aliphatic hydroxyl groups excluding tert-OH is 4. The molecule has 1 rings (SSSR count). The Morgan fingerprint density at radius 1 is 0.484 bits per heavy atom. The quantitative estimate of drug-likeness (QED) is 0.0264. The van der Waals surface area contributed by atoms with E-state index in [1.165, 1.54) is 141 Å². The number of hydrogen-bond acceptors (Lipinski definition) is 10. The Morgan fingerprint density at radius 2 is 0.875 bits per heavy atom. The van der Waals surface area contributed by atoms with Crippen LogP contribution >= 0.6 is 0 Å². The molecule has 0 amide bonds. The molecule has 0 aromatic heterocycles. The highest BCUT2D eigenvalue weighted by atomic mass is 16.7. The van der Waals surface area contributed by atoms with Gasteiger partial charge in [-0.3, -0.25) is 9.59 Å². The summed E-state index contributed by atoms with van der Waals surface area (Å²) in [5.41, 5.74) is 0. The molecule has 6 atom stereocenters. The van der Waals surface area contributed by atoms with Crippen molar-refractivity contribution in [2.24, 2.45) is 0 Å². The van der Waals surface area contributed by atoms with Crippen LogP contribution in [0, 0.1) is 0 Å². The minimum absolute atomic E-state index is 0.226. The van der Waals surface area contributed by atoms with Gasteiger partial charge in [0.25, 0.3) is 0 Å². The molecule has 2 unspecified atom stereocenters. The average molecular weight is 907 g/mol. The van der Waals surface area contributed by atoms with E-state index in [-0.39, 0.29) is 26.1 Å². The number of aliphatic hydroxyl groups is 4. The van der Waals surface area contributed by atoms with Crippen LogP contribution in [0.5, 0.6) is 0 Å². The van der Waals surface area contributed by atoms with Gasteiger partial charge < -0.3 is 39.4 Å². The molecule has 1 saturated heterocycles. The van der Waals surface area contributed by atoms with Crippen molar-refractivity contribution in [3.05, 3.63) is 36.5 Å². The van der Waals surface area contributed by atoms with E-state index in [4.69, 9.17) is 18.9 Å². The van der Waals surface area contributed by atoms with E-state index in [2.05, 4.69) is 50.3 Å². The summed E-state index contributed by atoms with van der Waals surface area (Å²) in [5.74, 6) is -0.821. The van der Waals surface area contributed by atoms with Gasteiger partial charge in [-0.15, -0.1) is 0 Å². The third-order valence-electron chi connectivity index (χ3n) is 12.3. The second-order valence-electron chi connectivity index (χ2n) is 18.3. The maximum atomic E-state index is 12.8. The van der Waals surface area contributed by atoms with Crippen LogP contribution in [0.1, 0.15) is 239 Å². The summed E-state index contributed by atoms with van der Waals surface area (Å²) in [4.78, 5) is 25.5. The standard InChI is InChI=1S/C54H98O10/c1-3-5-7-9-11-13-15-17-19-21-22-23-24-25-27-29-31-33-35-37-39-41-43-50(57)63-47(46-62-54-53(60)52(59)51(58)48(44-55)64-54)45-61-49(56)42-40-38-36-34-32-30-28-26-20-18-16-14-12-10-8-6-4-2/h12,14,18,20,28,30,47-48,51-55,58-60H,3-11,13,15-17,19,21-27,29,31-46H2,1-2H3/b14-12+,20-18+,30-28+/t47-,48-,51+,52?,53?,54-/m1/s1. The minimum atomic E-state index is -1.60. The summed E-state index contributed by atoms with van der Waals surface area (Å²) >= 11 is 0. The lowest BCUT2D eigenvalue weighted by atomic mass is 9.99. The lowest BCUT2D eigenvalue weighted by molar-refractivity contribution is -0.305. The number of hydrogen-bond donors (Lipinski definition) is 4. The van der Waals surface area contributed by atoms with Gasteiger partial charge in [-0.2, -0.15) is 0 Å². The molecule has 1 fully saturated rings. The molecular formula is C54H98O10. The average Bonchev–Trinajstić information content (AvgIpc) is 3.29. The minimum Gasteiger partial charge on any atom is -0.462 e. The smallest absolute Gasteiger partial charge is 0.306 e. The topological polar surface area (TPSA) is 152 Å². The van der Waals surface area contributed by atoms with Crippen LogP contribution in [0.25, 0.3) is 0 Å². The third kappa shape index (κ3) is 35.2. The van der Waals surface area contributed by atoms with Crippen LogP contribution < -0.4 is 0 Å². The van der Waals surface area contributed by atoms with E-state index in [9.17, 15) is 30.0 Å². The number of carbonyl (C=O) groups is 2. The van der Waals surface area contributed by atoms with Crippen LogP contribution in [-0.4, -0.2) is 89.0 Å². The Hall–Kier alpha value is -2.08. The van der Waals surface area contributed by atoms with Crippen molar-refractivity contribution in [3.63, 3.8) is 0 Å². The maximum absolute atomic E-state index is 12.8. The lowest BCUT2D eigenvalue weighted by Gasteiger charge is -2.39. The maximum Gasteiger partial charge on any atom is 0.306 e. The van der Waals surface area contributed by atoms with Crippen LogP contribution in [0.4, 0.5) is 0 Å². The summed E-state index contributed by atoms with van der Waals surface area (Å²) in [6.07, 6.45) is 45.8.